The van der Waals surface area contributed by atoms with Gasteiger partial charge in [-0.25, -0.2) is 13.8 Å². The van der Waals surface area contributed by atoms with Crippen LogP contribution >= 0.6 is 0 Å². The summed E-state index contributed by atoms with van der Waals surface area (Å²) in [5.74, 6) is 0.196. The lowest BCUT2D eigenvalue weighted by Crippen LogP contribution is -2.31. The maximum absolute atomic E-state index is 12.3. The first-order valence-corrected chi connectivity index (χ1v) is 6.76. The zero-order valence-corrected chi connectivity index (χ0v) is 12.1. The second kappa shape index (κ2) is 7.77. The van der Waals surface area contributed by atoms with Gasteiger partial charge in [0, 0.05) is 24.8 Å². The van der Waals surface area contributed by atoms with Gasteiger partial charge in [-0.1, -0.05) is 13.8 Å². The Morgan fingerprint density at radius 3 is 2.65 bits per heavy atom. The van der Waals surface area contributed by atoms with Gasteiger partial charge in [0.05, 0.1) is 6.54 Å². The Hall–Kier alpha value is -1.72. The number of aryl methyl sites for hydroxylation is 1. The summed E-state index contributed by atoms with van der Waals surface area (Å²) in [5.41, 5.74) is 1.15. The number of nitrogens with zero attached hydrogens (tertiary/aromatic N) is 2. The third-order valence-electron chi connectivity index (χ3n) is 2.80. The molecule has 0 radical (unpaired) electrons. The second-order valence-electron chi connectivity index (χ2n) is 4.59. The van der Waals surface area contributed by atoms with Crippen LogP contribution in [0.15, 0.2) is 12.1 Å². The SMILES string of the molecule is CCCNc1cc(C(=O)N(C)CC(F)F)cc(CC)n1. The van der Waals surface area contributed by atoms with E-state index in [4.69, 9.17) is 0 Å². The zero-order chi connectivity index (χ0) is 15.1. The van der Waals surface area contributed by atoms with Crippen molar-refractivity contribution < 1.29 is 13.6 Å². The fourth-order valence-corrected chi connectivity index (χ4v) is 1.75. The summed E-state index contributed by atoms with van der Waals surface area (Å²) < 4.78 is 24.7. The number of alkyl halides is 2. The Bertz CT molecular complexity index is 452. The largest absolute Gasteiger partial charge is 0.370 e. The van der Waals surface area contributed by atoms with Gasteiger partial charge >= 0.3 is 0 Å². The minimum Gasteiger partial charge on any atom is -0.370 e. The molecular weight excluding hydrogens is 264 g/mol. The number of pyridine rings is 1. The standard InChI is InChI=1S/C14H21F2N3O/c1-4-6-17-13-8-10(7-11(5-2)18-13)14(20)19(3)9-12(15)16/h7-8,12H,4-6,9H2,1-3H3,(H,17,18). The molecule has 1 aromatic heterocycles. The lowest BCUT2D eigenvalue weighted by Gasteiger charge is -2.17. The molecule has 112 valence electrons. The van der Waals surface area contributed by atoms with E-state index in [0.717, 1.165) is 23.6 Å². The van der Waals surface area contributed by atoms with Gasteiger partial charge < -0.3 is 10.2 Å². The Morgan fingerprint density at radius 2 is 2.10 bits per heavy atom. The van der Waals surface area contributed by atoms with Gasteiger partial charge in [0.25, 0.3) is 12.3 Å². The van der Waals surface area contributed by atoms with Crippen molar-refractivity contribution in [2.45, 2.75) is 33.1 Å². The van der Waals surface area contributed by atoms with Gasteiger partial charge in [0.1, 0.15) is 5.82 Å². The smallest absolute Gasteiger partial charge is 0.255 e. The first-order chi connectivity index (χ1) is 9.47. The van der Waals surface area contributed by atoms with Crippen LogP contribution in [-0.4, -0.2) is 42.4 Å². The van der Waals surface area contributed by atoms with Crippen LogP contribution in [0.5, 0.6) is 0 Å². The van der Waals surface area contributed by atoms with E-state index < -0.39 is 18.9 Å². The normalized spacial score (nSPS) is 10.7. The Balaban J connectivity index is 2.94. The molecule has 0 atom stereocenters. The molecule has 20 heavy (non-hydrogen) atoms. The predicted octanol–water partition coefficient (Wildman–Crippen LogP) is 2.80. The number of carbonyl (C=O) groups is 1. The van der Waals surface area contributed by atoms with Gasteiger partial charge in [0.2, 0.25) is 0 Å². The summed E-state index contributed by atoms with van der Waals surface area (Å²) in [6.45, 7) is 4.14. The molecule has 1 amide bonds. The number of carbonyl (C=O) groups excluding carboxylic acids is 1. The van der Waals surface area contributed by atoms with E-state index in [2.05, 4.69) is 10.3 Å². The molecule has 1 rings (SSSR count). The molecule has 0 aliphatic heterocycles. The molecule has 0 spiro atoms. The van der Waals surface area contributed by atoms with Crippen LogP contribution in [-0.2, 0) is 6.42 Å². The highest BCUT2D eigenvalue weighted by molar-refractivity contribution is 5.94. The zero-order valence-electron chi connectivity index (χ0n) is 12.1. The number of rotatable bonds is 7. The number of hydrogen-bond donors (Lipinski definition) is 1. The summed E-state index contributed by atoms with van der Waals surface area (Å²) >= 11 is 0. The summed E-state index contributed by atoms with van der Waals surface area (Å²) in [6.07, 6.45) is -0.915. The first kappa shape index (κ1) is 16.3. The number of nitrogens with one attached hydrogen (secondary N) is 1. The van der Waals surface area contributed by atoms with Gasteiger partial charge in [-0.05, 0) is 25.0 Å². The van der Waals surface area contributed by atoms with Crippen LogP contribution in [0.2, 0.25) is 0 Å². The maximum atomic E-state index is 12.3. The van der Waals surface area contributed by atoms with Crippen LogP contribution in [0.1, 0.15) is 36.3 Å². The van der Waals surface area contributed by atoms with Crippen molar-refractivity contribution in [3.63, 3.8) is 0 Å². The van der Waals surface area contributed by atoms with Crippen LogP contribution in [0.4, 0.5) is 14.6 Å². The lowest BCUT2D eigenvalue weighted by molar-refractivity contribution is 0.0620. The molecule has 0 bridgehead atoms. The third-order valence-corrected chi connectivity index (χ3v) is 2.80. The Labute approximate surface area is 118 Å². The van der Waals surface area contributed by atoms with E-state index in [1.54, 1.807) is 12.1 Å². The quantitative estimate of drug-likeness (QED) is 0.838. The van der Waals surface area contributed by atoms with E-state index >= 15 is 0 Å². The fraction of sp³-hybridized carbons (Fsp3) is 0.571. The van der Waals surface area contributed by atoms with E-state index in [9.17, 15) is 13.6 Å². The highest BCUT2D eigenvalue weighted by Crippen LogP contribution is 2.14. The Morgan fingerprint density at radius 1 is 1.40 bits per heavy atom. The minimum absolute atomic E-state index is 0.388. The highest BCUT2D eigenvalue weighted by Gasteiger charge is 2.17. The molecular formula is C14H21F2N3O. The monoisotopic (exact) mass is 285 g/mol. The third kappa shape index (κ3) is 4.75. The Kier molecular flexibility index (Phi) is 6.35. The number of anilines is 1. The molecule has 1 aromatic rings. The number of amides is 1. The molecule has 0 aromatic carbocycles. The first-order valence-electron chi connectivity index (χ1n) is 6.76. The molecule has 4 nitrogen and oxygen atoms in total. The highest BCUT2D eigenvalue weighted by atomic mass is 19.3. The topological polar surface area (TPSA) is 45.2 Å². The average molecular weight is 285 g/mol. The van der Waals surface area contributed by atoms with E-state index in [0.29, 0.717) is 17.8 Å². The second-order valence-corrected chi connectivity index (χ2v) is 4.59. The summed E-state index contributed by atoms with van der Waals surface area (Å²) in [7, 11) is 1.37. The van der Waals surface area contributed by atoms with Crippen molar-refractivity contribution in [2.75, 3.05) is 25.5 Å². The van der Waals surface area contributed by atoms with Gasteiger partial charge in [-0.3, -0.25) is 4.79 Å². The van der Waals surface area contributed by atoms with Gasteiger partial charge in [-0.2, -0.15) is 0 Å². The summed E-state index contributed by atoms with van der Waals surface area (Å²) in [4.78, 5) is 17.5. The maximum Gasteiger partial charge on any atom is 0.255 e. The van der Waals surface area contributed by atoms with Crippen molar-refractivity contribution in [3.05, 3.63) is 23.4 Å². The van der Waals surface area contributed by atoms with E-state index in [1.807, 2.05) is 13.8 Å². The van der Waals surface area contributed by atoms with Crippen LogP contribution in [0, 0.1) is 0 Å². The molecule has 0 fully saturated rings. The van der Waals surface area contributed by atoms with Crippen molar-refractivity contribution in [2.24, 2.45) is 0 Å². The molecule has 0 unspecified atom stereocenters. The van der Waals surface area contributed by atoms with Crippen LogP contribution < -0.4 is 5.32 Å². The van der Waals surface area contributed by atoms with E-state index in [-0.39, 0.29) is 0 Å². The molecule has 0 aliphatic rings. The summed E-state index contributed by atoms with van der Waals surface area (Å²) in [6, 6.07) is 3.26. The van der Waals surface area contributed by atoms with Crippen molar-refractivity contribution in [3.8, 4) is 0 Å². The molecule has 0 aliphatic carbocycles. The minimum atomic E-state index is -2.53. The van der Waals surface area contributed by atoms with Crippen LogP contribution in [0.3, 0.4) is 0 Å². The molecule has 0 saturated heterocycles. The van der Waals surface area contributed by atoms with Crippen LogP contribution in [0.25, 0.3) is 0 Å². The fourth-order valence-electron chi connectivity index (χ4n) is 1.75. The predicted molar refractivity (Wildman–Crippen MR) is 75.4 cm³/mol. The van der Waals surface area contributed by atoms with Gasteiger partial charge in [-0.15, -0.1) is 0 Å². The molecule has 6 heteroatoms. The molecule has 1 heterocycles. The van der Waals surface area contributed by atoms with Crippen molar-refractivity contribution in [1.29, 1.82) is 0 Å². The van der Waals surface area contributed by atoms with Gasteiger partial charge in [0.15, 0.2) is 0 Å². The number of halogens is 2. The van der Waals surface area contributed by atoms with E-state index in [1.165, 1.54) is 7.05 Å². The average Bonchev–Trinajstić information content (AvgIpc) is 2.43. The molecule has 1 N–H and O–H groups in total. The summed E-state index contributed by atoms with van der Waals surface area (Å²) in [5, 5.41) is 3.11. The number of hydrogen-bond acceptors (Lipinski definition) is 3. The lowest BCUT2D eigenvalue weighted by atomic mass is 10.1. The van der Waals surface area contributed by atoms with Crippen molar-refractivity contribution in [1.82, 2.24) is 9.88 Å². The molecule has 0 saturated carbocycles. The number of aromatic nitrogens is 1. The van der Waals surface area contributed by atoms with Crippen molar-refractivity contribution >= 4 is 11.7 Å².